The number of carbonyl (C=O) groups is 1. The molecule has 0 aliphatic carbocycles. The van der Waals surface area contributed by atoms with E-state index in [4.69, 9.17) is 9.47 Å². The standard InChI is InChI=1S/C17H18O3/c1-3-19-17(18)15-9-10-16(13(2)11-15)20-12-14-7-5-4-6-8-14/h4-11H,3,12H2,1-2H3. The number of ether oxygens (including phenoxy) is 2. The second kappa shape index (κ2) is 6.75. The molecule has 2 rings (SSSR count). The molecular weight excluding hydrogens is 252 g/mol. The van der Waals surface area contributed by atoms with E-state index in [0.717, 1.165) is 16.9 Å². The SMILES string of the molecule is CCOC(=O)c1ccc(OCc2ccccc2)c(C)c1. The zero-order valence-electron chi connectivity index (χ0n) is 11.8. The molecule has 3 nitrogen and oxygen atoms in total. The Bertz CT molecular complexity index is 576. The summed E-state index contributed by atoms with van der Waals surface area (Å²) in [4.78, 5) is 11.6. The zero-order chi connectivity index (χ0) is 14.4. The molecule has 0 bridgehead atoms. The number of hydrogen-bond acceptors (Lipinski definition) is 3. The largest absolute Gasteiger partial charge is 0.489 e. The van der Waals surface area contributed by atoms with Gasteiger partial charge in [0.25, 0.3) is 0 Å². The summed E-state index contributed by atoms with van der Waals surface area (Å²) in [6.07, 6.45) is 0. The molecule has 3 heteroatoms. The second-order valence-electron chi connectivity index (χ2n) is 4.48. The van der Waals surface area contributed by atoms with Crippen molar-refractivity contribution in [2.24, 2.45) is 0 Å². The van der Waals surface area contributed by atoms with Gasteiger partial charge >= 0.3 is 5.97 Å². The van der Waals surface area contributed by atoms with Crippen molar-refractivity contribution in [3.05, 3.63) is 65.2 Å². The molecule has 0 amide bonds. The van der Waals surface area contributed by atoms with Crippen LogP contribution in [-0.2, 0) is 11.3 Å². The summed E-state index contributed by atoms with van der Waals surface area (Å²) >= 11 is 0. The second-order valence-corrected chi connectivity index (χ2v) is 4.48. The monoisotopic (exact) mass is 270 g/mol. The molecule has 0 aliphatic heterocycles. The van der Waals surface area contributed by atoms with Gasteiger partial charge in [-0.2, -0.15) is 0 Å². The first-order chi connectivity index (χ1) is 9.70. The van der Waals surface area contributed by atoms with Gasteiger partial charge in [-0.1, -0.05) is 30.3 Å². The van der Waals surface area contributed by atoms with Crippen molar-refractivity contribution in [2.75, 3.05) is 6.61 Å². The summed E-state index contributed by atoms with van der Waals surface area (Å²) < 4.78 is 10.7. The van der Waals surface area contributed by atoms with Crippen molar-refractivity contribution >= 4 is 5.97 Å². The van der Waals surface area contributed by atoms with E-state index >= 15 is 0 Å². The maximum Gasteiger partial charge on any atom is 0.338 e. The topological polar surface area (TPSA) is 35.5 Å². The van der Waals surface area contributed by atoms with Crippen LogP contribution in [-0.4, -0.2) is 12.6 Å². The lowest BCUT2D eigenvalue weighted by Gasteiger charge is -2.10. The van der Waals surface area contributed by atoms with Crippen molar-refractivity contribution in [3.63, 3.8) is 0 Å². The summed E-state index contributed by atoms with van der Waals surface area (Å²) in [6.45, 7) is 4.61. The number of aryl methyl sites for hydroxylation is 1. The van der Waals surface area contributed by atoms with Gasteiger partial charge in [-0.15, -0.1) is 0 Å². The molecular formula is C17H18O3. The summed E-state index contributed by atoms with van der Waals surface area (Å²) in [5, 5.41) is 0. The van der Waals surface area contributed by atoms with E-state index in [2.05, 4.69) is 0 Å². The van der Waals surface area contributed by atoms with Gasteiger partial charge in [0.1, 0.15) is 12.4 Å². The Morgan fingerprint density at radius 1 is 1.10 bits per heavy atom. The molecule has 20 heavy (non-hydrogen) atoms. The molecule has 0 unspecified atom stereocenters. The van der Waals surface area contributed by atoms with Crippen LogP contribution >= 0.6 is 0 Å². The van der Waals surface area contributed by atoms with Crippen LogP contribution in [0.3, 0.4) is 0 Å². The van der Waals surface area contributed by atoms with E-state index < -0.39 is 0 Å². The van der Waals surface area contributed by atoms with Gasteiger partial charge in [0, 0.05) is 0 Å². The molecule has 2 aromatic carbocycles. The quantitative estimate of drug-likeness (QED) is 0.776. The highest BCUT2D eigenvalue weighted by atomic mass is 16.5. The predicted octanol–water partition coefficient (Wildman–Crippen LogP) is 3.75. The number of carbonyl (C=O) groups excluding carboxylic acids is 1. The van der Waals surface area contributed by atoms with Gasteiger partial charge in [0.15, 0.2) is 0 Å². The average molecular weight is 270 g/mol. The summed E-state index contributed by atoms with van der Waals surface area (Å²) in [7, 11) is 0. The molecule has 0 radical (unpaired) electrons. The highest BCUT2D eigenvalue weighted by molar-refractivity contribution is 5.89. The summed E-state index contributed by atoms with van der Waals surface area (Å²) in [5.74, 6) is 0.479. The van der Waals surface area contributed by atoms with Gasteiger partial charge < -0.3 is 9.47 Å². The van der Waals surface area contributed by atoms with E-state index in [1.807, 2.05) is 43.3 Å². The maximum atomic E-state index is 11.6. The number of esters is 1. The van der Waals surface area contributed by atoms with Crippen LogP contribution in [0.1, 0.15) is 28.4 Å². The fourth-order valence-corrected chi connectivity index (χ4v) is 1.89. The number of benzene rings is 2. The minimum absolute atomic E-state index is 0.301. The Labute approximate surface area is 119 Å². The fourth-order valence-electron chi connectivity index (χ4n) is 1.89. The van der Waals surface area contributed by atoms with Crippen molar-refractivity contribution in [1.29, 1.82) is 0 Å². The molecule has 0 N–H and O–H groups in total. The van der Waals surface area contributed by atoms with Crippen LogP contribution in [0.25, 0.3) is 0 Å². The Hall–Kier alpha value is -2.29. The lowest BCUT2D eigenvalue weighted by molar-refractivity contribution is 0.0526. The van der Waals surface area contributed by atoms with Crippen LogP contribution < -0.4 is 4.74 Å². The fraction of sp³-hybridized carbons (Fsp3) is 0.235. The first-order valence-corrected chi connectivity index (χ1v) is 6.65. The van der Waals surface area contributed by atoms with E-state index in [1.54, 1.807) is 19.1 Å². The first-order valence-electron chi connectivity index (χ1n) is 6.65. The maximum absolute atomic E-state index is 11.6. The van der Waals surface area contributed by atoms with Gasteiger partial charge in [-0.05, 0) is 43.2 Å². The van der Waals surface area contributed by atoms with Crippen LogP contribution in [0.4, 0.5) is 0 Å². The summed E-state index contributed by atoms with van der Waals surface area (Å²) in [6, 6.07) is 15.3. The number of hydrogen-bond donors (Lipinski definition) is 0. The van der Waals surface area contributed by atoms with Crippen LogP contribution in [0, 0.1) is 6.92 Å². The van der Waals surface area contributed by atoms with Gasteiger partial charge in [0.2, 0.25) is 0 Å². The minimum atomic E-state index is -0.301. The van der Waals surface area contributed by atoms with Crippen molar-refractivity contribution in [3.8, 4) is 5.75 Å². The highest BCUT2D eigenvalue weighted by Crippen LogP contribution is 2.21. The molecule has 0 heterocycles. The van der Waals surface area contributed by atoms with Gasteiger partial charge in [-0.3, -0.25) is 0 Å². The Morgan fingerprint density at radius 2 is 1.85 bits per heavy atom. The van der Waals surface area contributed by atoms with E-state index in [-0.39, 0.29) is 5.97 Å². The smallest absolute Gasteiger partial charge is 0.338 e. The van der Waals surface area contributed by atoms with E-state index in [1.165, 1.54) is 0 Å². The molecule has 104 valence electrons. The molecule has 0 aliphatic rings. The van der Waals surface area contributed by atoms with Gasteiger partial charge in [-0.25, -0.2) is 4.79 Å². The molecule has 0 atom stereocenters. The Kier molecular flexibility index (Phi) is 4.77. The predicted molar refractivity (Wildman–Crippen MR) is 77.9 cm³/mol. The van der Waals surface area contributed by atoms with Crippen LogP contribution in [0.2, 0.25) is 0 Å². The van der Waals surface area contributed by atoms with Crippen molar-refractivity contribution in [1.82, 2.24) is 0 Å². The third-order valence-corrected chi connectivity index (χ3v) is 2.92. The normalized spacial score (nSPS) is 10.1. The lowest BCUT2D eigenvalue weighted by Crippen LogP contribution is -2.05. The highest BCUT2D eigenvalue weighted by Gasteiger charge is 2.09. The molecule has 2 aromatic rings. The van der Waals surface area contributed by atoms with Crippen molar-refractivity contribution < 1.29 is 14.3 Å². The molecule has 0 aromatic heterocycles. The first kappa shape index (κ1) is 14.1. The molecule has 0 saturated heterocycles. The molecule has 0 spiro atoms. The Balaban J connectivity index is 2.04. The summed E-state index contributed by atoms with van der Waals surface area (Å²) in [5.41, 5.74) is 2.59. The van der Waals surface area contributed by atoms with Crippen LogP contribution in [0.5, 0.6) is 5.75 Å². The zero-order valence-corrected chi connectivity index (χ0v) is 11.8. The third-order valence-electron chi connectivity index (χ3n) is 2.92. The van der Waals surface area contributed by atoms with E-state index in [0.29, 0.717) is 18.8 Å². The molecule has 0 saturated carbocycles. The average Bonchev–Trinajstić information content (AvgIpc) is 2.47. The van der Waals surface area contributed by atoms with Gasteiger partial charge in [0.05, 0.1) is 12.2 Å². The van der Waals surface area contributed by atoms with E-state index in [9.17, 15) is 4.79 Å². The van der Waals surface area contributed by atoms with Crippen LogP contribution in [0.15, 0.2) is 48.5 Å². The lowest BCUT2D eigenvalue weighted by atomic mass is 10.1. The third kappa shape index (κ3) is 3.60. The number of rotatable bonds is 5. The molecule has 0 fully saturated rings. The Morgan fingerprint density at radius 3 is 2.50 bits per heavy atom. The van der Waals surface area contributed by atoms with Crippen molar-refractivity contribution in [2.45, 2.75) is 20.5 Å². The minimum Gasteiger partial charge on any atom is -0.489 e.